The molecule has 98 valence electrons. The minimum Gasteiger partial charge on any atom is -0.321 e. The zero-order valence-corrected chi connectivity index (χ0v) is 13.2. The molecule has 19 heavy (non-hydrogen) atoms. The highest BCUT2D eigenvalue weighted by molar-refractivity contribution is 9.10. The molecule has 0 aliphatic rings. The van der Waals surface area contributed by atoms with Gasteiger partial charge in [0.1, 0.15) is 0 Å². The van der Waals surface area contributed by atoms with Crippen LogP contribution < -0.4 is 5.32 Å². The van der Waals surface area contributed by atoms with Gasteiger partial charge >= 0.3 is 0 Å². The minimum absolute atomic E-state index is 0.276. The summed E-state index contributed by atoms with van der Waals surface area (Å²) in [6.45, 7) is 0. The molecule has 0 heterocycles. The molecule has 0 unspecified atom stereocenters. The first-order valence-corrected chi connectivity index (χ1v) is 7.11. The summed E-state index contributed by atoms with van der Waals surface area (Å²) in [5, 5.41) is 3.69. The van der Waals surface area contributed by atoms with E-state index >= 15 is 0 Å². The summed E-state index contributed by atoms with van der Waals surface area (Å²) < 4.78 is 0.820. The Labute approximate surface area is 133 Å². The molecular formula is C13H7BrCl3NO. The van der Waals surface area contributed by atoms with Crippen molar-refractivity contribution in [3.8, 4) is 0 Å². The maximum atomic E-state index is 12.0. The van der Waals surface area contributed by atoms with Crippen LogP contribution in [0.4, 0.5) is 5.69 Å². The second-order valence-electron chi connectivity index (χ2n) is 3.71. The van der Waals surface area contributed by atoms with E-state index in [4.69, 9.17) is 34.8 Å². The van der Waals surface area contributed by atoms with Gasteiger partial charge in [-0.1, -0.05) is 56.8 Å². The molecule has 0 aromatic heterocycles. The molecule has 0 aliphatic carbocycles. The molecule has 0 fully saturated rings. The van der Waals surface area contributed by atoms with Crippen molar-refractivity contribution in [1.29, 1.82) is 0 Å². The molecule has 0 saturated heterocycles. The molecule has 0 atom stereocenters. The molecule has 1 amide bonds. The predicted molar refractivity (Wildman–Crippen MR) is 83.6 cm³/mol. The van der Waals surface area contributed by atoms with Crippen molar-refractivity contribution in [2.75, 3.05) is 5.32 Å². The third-order valence-corrected chi connectivity index (χ3v) is 3.87. The Morgan fingerprint density at radius 2 is 1.68 bits per heavy atom. The number of amides is 1. The van der Waals surface area contributed by atoms with E-state index < -0.39 is 0 Å². The lowest BCUT2D eigenvalue weighted by Crippen LogP contribution is -2.12. The van der Waals surface area contributed by atoms with Crippen LogP contribution in [0, 0.1) is 0 Å². The van der Waals surface area contributed by atoms with Crippen LogP contribution >= 0.6 is 50.7 Å². The second-order valence-corrected chi connectivity index (χ2v) is 5.85. The van der Waals surface area contributed by atoms with Crippen molar-refractivity contribution >= 4 is 62.3 Å². The van der Waals surface area contributed by atoms with E-state index in [9.17, 15) is 4.79 Å². The Hall–Kier alpha value is -0.740. The summed E-state index contributed by atoms with van der Waals surface area (Å²) in [6.07, 6.45) is 0. The first-order valence-electron chi connectivity index (χ1n) is 5.19. The van der Waals surface area contributed by atoms with Crippen LogP contribution in [-0.4, -0.2) is 5.91 Å². The van der Waals surface area contributed by atoms with Crippen molar-refractivity contribution < 1.29 is 4.79 Å². The normalized spacial score (nSPS) is 10.3. The van der Waals surface area contributed by atoms with Crippen LogP contribution in [0.25, 0.3) is 0 Å². The van der Waals surface area contributed by atoms with Crippen molar-refractivity contribution in [1.82, 2.24) is 0 Å². The topological polar surface area (TPSA) is 29.1 Å². The summed E-state index contributed by atoms with van der Waals surface area (Å²) >= 11 is 21.0. The fraction of sp³-hybridized carbons (Fsp3) is 0. The Balaban J connectivity index is 2.27. The fourth-order valence-electron chi connectivity index (χ4n) is 1.44. The Morgan fingerprint density at radius 1 is 1.00 bits per heavy atom. The van der Waals surface area contributed by atoms with Crippen molar-refractivity contribution in [3.63, 3.8) is 0 Å². The van der Waals surface area contributed by atoms with Gasteiger partial charge in [0.15, 0.2) is 0 Å². The number of carbonyl (C=O) groups is 1. The highest BCUT2D eigenvalue weighted by Crippen LogP contribution is 2.32. The van der Waals surface area contributed by atoms with E-state index in [2.05, 4.69) is 21.2 Å². The number of benzene rings is 2. The van der Waals surface area contributed by atoms with E-state index in [1.54, 1.807) is 18.2 Å². The molecule has 0 bridgehead atoms. The van der Waals surface area contributed by atoms with Gasteiger partial charge in [-0.15, -0.1) is 0 Å². The molecule has 0 radical (unpaired) electrons. The van der Waals surface area contributed by atoms with Gasteiger partial charge in [-0.05, 0) is 30.3 Å². The van der Waals surface area contributed by atoms with Crippen LogP contribution in [0.5, 0.6) is 0 Å². The number of hydrogen-bond acceptors (Lipinski definition) is 1. The SMILES string of the molecule is O=C(Nc1cc(Cl)c(Cl)cc1Cl)c1cccc(Br)c1. The second kappa shape index (κ2) is 6.14. The average molecular weight is 379 g/mol. The fourth-order valence-corrected chi connectivity index (χ4v) is 2.44. The number of hydrogen-bond donors (Lipinski definition) is 1. The molecule has 1 N–H and O–H groups in total. The van der Waals surface area contributed by atoms with Gasteiger partial charge in [0, 0.05) is 10.0 Å². The third-order valence-electron chi connectivity index (χ3n) is 2.34. The van der Waals surface area contributed by atoms with Gasteiger partial charge in [-0.3, -0.25) is 4.79 Å². The molecule has 2 rings (SSSR count). The van der Waals surface area contributed by atoms with Crippen molar-refractivity contribution in [2.24, 2.45) is 0 Å². The Kier molecular flexibility index (Phi) is 4.74. The molecular weight excluding hydrogens is 372 g/mol. The molecule has 2 aromatic rings. The number of nitrogens with one attached hydrogen (secondary N) is 1. The highest BCUT2D eigenvalue weighted by Gasteiger charge is 2.11. The van der Waals surface area contributed by atoms with Crippen molar-refractivity contribution in [3.05, 3.63) is 61.5 Å². The smallest absolute Gasteiger partial charge is 0.255 e. The quantitative estimate of drug-likeness (QED) is 0.670. The third kappa shape index (κ3) is 3.63. The van der Waals surface area contributed by atoms with Gasteiger partial charge in [0.2, 0.25) is 0 Å². The number of carbonyl (C=O) groups excluding carboxylic acids is 1. The molecule has 2 aromatic carbocycles. The zero-order chi connectivity index (χ0) is 14.0. The first kappa shape index (κ1) is 14.7. The van der Waals surface area contributed by atoms with Crippen LogP contribution in [0.1, 0.15) is 10.4 Å². The maximum Gasteiger partial charge on any atom is 0.255 e. The van der Waals surface area contributed by atoms with Gasteiger partial charge < -0.3 is 5.32 Å². The number of anilines is 1. The summed E-state index contributed by atoms with van der Waals surface area (Å²) in [4.78, 5) is 12.0. The van der Waals surface area contributed by atoms with Crippen LogP contribution in [-0.2, 0) is 0 Å². The van der Waals surface area contributed by atoms with E-state index in [-0.39, 0.29) is 5.91 Å². The summed E-state index contributed by atoms with van der Waals surface area (Å²) in [6, 6.07) is 10.0. The lowest BCUT2D eigenvalue weighted by molar-refractivity contribution is 0.102. The Morgan fingerprint density at radius 3 is 2.37 bits per heavy atom. The van der Waals surface area contributed by atoms with Gasteiger partial charge in [-0.2, -0.15) is 0 Å². The standard InChI is InChI=1S/C13H7BrCl3NO/c14-8-3-1-2-7(4-8)13(19)18-12-6-10(16)9(15)5-11(12)17/h1-6H,(H,18,19). The van der Waals surface area contributed by atoms with Crippen LogP contribution in [0.3, 0.4) is 0 Å². The first-order chi connectivity index (χ1) is 8.97. The van der Waals surface area contributed by atoms with E-state index in [0.717, 1.165) is 4.47 Å². The predicted octanol–water partition coefficient (Wildman–Crippen LogP) is 5.66. The Bertz CT molecular complexity index is 646. The number of halogens is 4. The summed E-state index contributed by atoms with van der Waals surface area (Å²) in [5.74, 6) is -0.276. The van der Waals surface area contributed by atoms with Gasteiger partial charge in [0.05, 0.1) is 20.8 Å². The lowest BCUT2D eigenvalue weighted by atomic mass is 10.2. The molecule has 2 nitrogen and oxygen atoms in total. The minimum atomic E-state index is -0.276. The van der Waals surface area contributed by atoms with Crippen molar-refractivity contribution in [2.45, 2.75) is 0 Å². The highest BCUT2D eigenvalue weighted by atomic mass is 79.9. The van der Waals surface area contributed by atoms with E-state index in [1.807, 2.05) is 6.07 Å². The molecule has 0 aliphatic heterocycles. The summed E-state index contributed by atoms with van der Waals surface area (Å²) in [7, 11) is 0. The van der Waals surface area contributed by atoms with Crippen LogP contribution in [0.2, 0.25) is 15.1 Å². The van der Waals surface area contributed by atoms with E-state index in [0.29, 0.717) is 26.3 Å². The summed E-state index contributed by atoms with van der Waals surface area (Å²) in [5.41, 5.74) is 0.928. The average Bonchev–Trinajstić information content (AvgIpc) is 2.36. The molecule has 0 saturated carbocycles. The monoisotopic (exact) mass is 377 g/mol. The van der Waals surface area contributed by atoms with Gasteiger partial charge in [0.25, 0.3) is 5.91 Å². The number of rotatable bonds is 2. The largest absolute Gasteiger partial charge is 0.321 e. The zero-order valence-electron chi connectivity index (χ0n) is 9.38. The van der Waals surface area contributed by atoms with Gasteiger partial charge in [-0.25, -0.2) is 0 Å². The maximum absolute atomic E-state index is 12.0. The molecule has 0 spiro atoms. The molecule has 6 heteroatoms. The van der Waals surface area contributed by atoms with Crippen LogP contribution in [0.15, 0.2) is 40.9 Å². The lowest BCUT2D eigenvalue weighted by Gasteiger charge is -2.09. The van der Waals surface area contributed by atoms with E-state index in [1.165, 1.54) is 12.1 Å².